The van der Waals surface area contributed by atoms with Crippen LogP contribution in [0.3, 0.4) is 0 Å². The van der Waals surface area contributed by atoms with Crippen LogP contribution in [0.1, 0.15) is 36.5 Å². The molecule has 3 aliphatic rings. The molecule has 0 bridgehead atoms. The first-order chi connectivity index (χ1) is 30.5. The zero-order valence-corrected chi connectivity index (χ0v) is 35.6. The highest BCUT2D eigenvalue weighted by atomic mass is 16.3. The molecule has 4 heterocycles. The molecule has 7 amide bonds. The van der Waals surface area contributed by atoms with E-state index in [9.17, 15) is 29.1 Å². The molecule has 2 atom stereocenters. The zero-order chi connectivity index (χ0) is 44.2. The van der Waals surface area contributed by atoms with Crippen LogP contribution < -0.4 is 16.0 Å². The van der Waals surface area contributed by atoms with E-state index >= 15 is 0 Å². The summed E-state index contributed by atoms with van der Waals surface area (Å²) in [7, 11) is 1.97. The van der Waals surface area contributed by atoms with Crippen molar-refractivity contribution in [3.63, 3.8) is 0 Å². The van der Waals surface area contributed by atoms with E-state index in [2.05, 4.69) is 28.7 Å². The Balaban J connectivity index is 1.05. The molecule has 0 spiro atoms. The van der Waals surface area contributed by atoms with Crippen LogP contribution >= 0.6 is 0 Å². The van der Waals surface area contributed by atoms with Gasteiger partial charge in [0.25, 0.3) is 0 Å². The standard InChI is InChI=1S/C48H53N9O6/c1-4-23-55-31-44(60)56-42(26-33-13-19-39(59)20-14-33)46(61)54(30-43(56)57(55)48(63)49-27-34-9-6-5-7-10-34)28-36-11-8-12-40-41(29-52(3)45(36)40)35-15-17-37(18-16-35)50-47(62)51-38-21-24-53(25-22-38)32(2)58/h4-20,29,38,42-43,59H,1,21-28,30-31H2,2-3H3,(H,49,63)(H2,50,51,62)/t42-,43-/m0/s1. The highest BCUT2D eigenvalue weighted by molar-refractivity contribution is 5.99. The maximum absolute atomic E-state index is 14.8. The van der Waals surface area contributed by atoms with Crippen LogP contribution in [0.4, 0.5) is 15.3 Å². The molecule has 1 aromatic heterocycles. The quantitative estimate of drug-likeness (QED) is 0.129. The number of carbonyl (C=O) groups is 5. The number of nitrogens with one attached hydrogen (secondary N) is 3. The summed E-state index contributed by atoms with van der Waals surface area (Å²) in [4.78, 5) is 72.8. The Morgan fingerprint density at radius 3 is 2.32 bits per heavy atom. The van der Waals surface area contributed by atoms with Crippen LogP contribution in [0.2, 0.25) is 0 Å². The number of aromatic hydroxyl groups is 1. The Bertz CT molecular complexity index is 2500. The number of anilines is 1. The smallest absolute Gasteiger partial charge is 0.334 e. The molecule has 0 radical (unpaired) electrons. The molecule has 15 heteroatoms. The lowest BCUT2D eigenvalue weighted by molar-refractivity contribution is -0.189. The second kappa shape index (κ2) is 18.5. The van der Waals surface area contributed by atoms with Crippen LogP contribution in [0.25, 0.3) is 22.0 Å². The first kappa shape index (κ1) is 42.6. The molecule has 326 valence electrons. The van der Waals surface area contributed by atoms with E-state index in [4.69, 9.17) is 0 Å². The molecule has 3 fully saturated rings. The highest BCUT2D eigenvalue weighted by Gasteiger charge is 2.51. The normalized spacial score (nSPS) is 18.3. The van der Waals surface area contributed by atoms with Gasteiger partial charge in [-0.2, -0.15) is 0 Å². The lowest BCUT2D eigenvalue weighted by atomic mass is 9.97. The van der Waals surface area contributed by atoms with E-state index in [-0.39, 0.29) is 74.7 Å². The average Bonchev–Trinajstić information content (AvgIpc) is 3.62. The van der Waals surface area contributed by atoms with Crippen LogP contribution in [-0.2, 0) is 40.9 Å². The molecule has 3 saturated heterocycles. The van der Waals surface area contributed by atoms with Crippen LogP contribution in [-0.4, -0.2) is 115 Å². The van der Waals surface area contributed by atoms with Crippen molar-refractivity contribution in [2.45, 2.75) is 57.5 Å². The number of phenolic OH excluding ortho intramolecular Hbond substituents is 1. The Kier molecular flexibility index (Phi) is 12.5. The molecule has 4 aromatic carbocycles. The van der Waals surface area contributed by atoms with Gasteiger partial charge in [-0.05, 0) is 59.4 Å². The highest BCUT2D eigenvalue weighted by Crippen LogP contribution is 2.35. The van der Waals surface area contributed by atoms with Gasteiger partial charge in [0.1, 0.15) is 18.0 Å². The van der Waals surface area contributed by atoms with Gasteiger partial charge >= 0.3 is 12.1 Å². The molecule has 3 aliphatic heterocycles. The number of carbonyl (C=O) groups excluding carboxylic acids is 5. The third-order valence-electron chi connectivity index (χ3n) is 12.2. The van der Waals surface area contributed by atoms with Gasteiger partial charge in [0.2, 0.25) is 17.7 Å². The van der Waals surface area contributed by atoms with Crippen LogP contribution in [0.5, 0.6) is 5.75 Å². The number of fused-ring (bicyclic) bond motifs is 2. The monoisotopic (exact) mass is 851 g/mol. The number of hydrogen-bond acceptors (Lipinski definition) is 7. The topological polar surface area (TPSA) is 163 Å². The maximum Gasteiger partial charge on any atom is 0.334 e. The molecular weight excluding hydrogens is 799 g/mol. The molecule has 0 saturated carbocycles. The number of hydrazine groups is 1. The fraction of sp³-hybridized carbons (Fsp3) is 0.312. The summed E-state index contributed by atoms with van der Waals surface area (Å²) in [5, 5.41) is 23.2. The lowest BCUT2D eigenvalue weighted by Crippen LogP contribution is -2.76. The average molecular weight is 852 g/mol. The Morgan fingerprint density at radius 1 is 0.889 bits per heavy atom. The largest absolute Gasteiger partial charge is 0.508 e. The second-order valence-electron chi connectivity index (χ2n) is 16.4. The summed E-state index contributed by atoms with van der Waals surface area (Å²) in [6.07, 6.45) is 4.48. The summed E-state index contributed by atoms with van der Waals surface area (Å²) in [5.74, 6) is -0.371. The van der Waals surface area contributed by atoms with Crippen molar-refractivity contribution in [3.05, 3.63) is 133 Å². The van der Waals surface area contributed by atoms with Crippen molar-refractivity contribution >= 4 is 46.4 Å². The number of aryl methyl sites for hydroxylation is 1. The van der Waals surface area contributed by atoms with Crippen molar-refractivity contribution in [2.24, 2.45) is 7.05 Å². The number of rotatable bonds is 11. The van der Waals surface area contributed by atoms with Crippen molar-refractivity contribution in [1.29, 1.82) is 0 Å². The van der Waals surface area contributed by atoms with E-state index in [1.54, 1.807) is 62.0 Å². The van der Waals surface area contributed by atoms with Gasteiger partial charge in [0, 0.05) is 82.0 Å². The fourth-order valence-corrected chi connectivity index (χ4v) is 9.09. The van der Waals surface area contributed by atoms with Crippen molar-refractivity contribution in [2.75, 3.05) is 38.0 Å². The Morgan fingerprint density at radius 2 is 1.62 bits per heavy atom. The third-order valence-corrected chi connectivity index (χ3v) is 12.2. The second-order valence-corrected chi connectivity index (χ2v) is 16.4. The number of benzene rings is 4. The number of piperazine rings is 1. The van der Waals surface area contributed by atoms with E-state index in [0.29, 0.717) is 31.6 Å². The van der Waals surface area contributed by atoms with Crippen molar-refractivity contribution < 1.29 is 29.1 Å². The zero-order valence-electron chi connectivity index (χ0n) is 35.6. The first-order valence-corrected chi connectivity index (χ1v) is 21.3. The summed E-state index contributed by atoms with van der Waals surface area (Å²) >= 11 is 0. The minimum absolute atomic E-state index is 0.00505. The minimum Gasteiger partial charge on any atom is -0.508 e. The molecule has 8 rings (SSSR count). The summed E-state index contributed by atoms with van der Waals surface area (Å²) in [6.45, 7) is 7.38. The number of likely N-dealkylation sites (tertiary alicyclic amines) is 1. The third kappa shape index (κ3) is 9.24. The van der Waals surface area contributed by atoms with Crippen LogP contribution in [0, 0.1) is 0 Å². The predicted molar refractivity (Wildman–Crippen MR) is 240 cm³/mol. The number of urea groups is 2. The van der Waals surface area contributed by atoms with Gasteiger partial charge in [-0.1, -0.05) is 78.9 Å². The lowest BCUT2D eigenvalue weighted by Gasteiger charge is -2.55. The molecule has 5 aromatic rings. The number of piperidine rings is 1. The van der Waals surface area contributed by atoms with E-state index in [0.717, 1.165) is 38.7 Å². The maximum atomic E-state index is 14.8. The number of hydrogen-bond donors (Lipinski definition) is 4. The summed E-state index contributed by atoms with van der Waals surface area (Å²) < 4.78 is 2.05. The Hall–Kier alpha value is -7.13. The summed E-state index contributed by atoms with van der Waals surface area (Å²) in [6, 6.07) is 28.2. The molecule has 15 nitrogen and oxygen atoms in total. The Labute approximate surface area is 366 Å². The number of nitrogens with zero attached hydrogens (tertiary/aromatic N) is 6. The number of aromatic nitrogens is 1. The molecular formula is C48H53N9O6. The van der Waals surface area contributed by atoms with Crippen molar-refractivity contribution in [3.8, 4) is 16.9 Å². The van der Waals surface area contributed by atoms with Gasteiger partial charge in [-0.15, -0.1) is 6.58 Å². The molecule has 0 aliphatic carbocycles. The van der Waals surface area contributed by atoms with Gasteiger partial charge in [0.15, 0.2) is 0 Å². The van der Waals surface area contributed by atoms with Gasteiger partial charge in [-0.3, -0.25) is 14.4 Å². The number of phenols is 1. The molecule has 63 heavy (non-hydrogen) atoms. The van der Waals surface area contributed by atoms with E-state index in [1.165, 1.54) is 0 Å². The summed E-state index contributed by atoms with van der Waals surface area (Å²) in [5.41, 5.74) is 6.06. The van der Waals surface area contributed by atoms with Gasteiger partial charge in [-0.25, -0.2) is 19.6 Å². The van der Waals surface area contributed by atoms with Crippen LogP contribution in [0.15, 0.2) is 116 Å². The predicted octanol–water partition coefficient (Wildman–Crippen LogP) is 5.42. The fourth-order valence-electron chi connectivity index (χ4n) is 9.09. The van der Waals surface area contributed by atoms with E-state index < -0.39 is 18.2 Å². The molecule has 0 unspecified atom stereocenters. The number of para-hydroxylation sites is 1. The van der Waals surface area contributed by atoms with Gasteiger partial charge in [0.05, 0.1) is 18.6 Å². The number of amides is 7. The van der Waals surface area contributed by atoms with E-state index in [1.807, 2.05) is 84.4 Å². The van der Waals surface area contributed by atoms with Crippen molar-refractivity contribution in [1.82, 2.24) is 39.9 Å². The molecule has 4 N–H and O–H groups in total. The SMILES string of the molecule is C=CCN1CC(=O)N2[C@@H](Cc3ccc(O)cc3)C(=O)N(Cc3cccc4c(-c5ccc(NC(=O)NC6CCN(C(C)=O)CC6)cc5)cn(C)c34)C[C@@H]2N1C(=O)NCc1ccccc1. The minimum atomic E-state index is -0.923. The first-order valence-electron chi connectivity index (χ1n) is 21.3. The van der Waals surface area contributed by atoms with Gasteiger partial charge < -0.3 is 40.3 Å².